The molecular formula is C25H33ClN4O4S. The molecule has 0 spiro atoms. The number of nitrogens with one attached hydrogen (secondary N) is 1. The van der Waals surface area contributed by atoms with Gasteiger partial charge in [-0.2, -0.15) is 0 Å². The normalized spacial score (nSPS) is 20.0. The number of hydrogen-bond donors (Lipinski definition) is 1. The second-order valence-corrected chi connectivity index (χ2v) is 11.9. The molecule has 8 nitrogen and oxygen atoms in total. The molecule has 2 aliphatic heterocycles. The molecule has 190 valence electrons. The Labute approximate surface area is 212 Å². The van der Waals surface area contributed by atoms with Gasteiger partial charge in [0.05, 0.1) is 16.5 Å². The van der Waals surface area contributed by atoms with Gasteiger partial charge in [0, 0.05) is 62.6 Å². The summed E-state index contributed by atoms with van der Waals surface area (Å²) in [5.41, 5.74) is 2.03. The highest BCUT2D eigenvalue weighted by molar-refractivity contribution is 7.89. The molecule has 2 aliphatic rings. The number of ketones is 1. The highest BCUT2D eigenvalue weighted by atomic mass is 35.5. The zero-order chi connectivity index (χ0) is 24.8. The van der Waals surface area contributed by atoms with Crippen LogP contribution < -0.4 is 5.32 Å². The highest BCUT2D eigenvalue weighted by Crippen LogP contribution is 2.29. The van der Waals surface area contributed by atoms with Crippen molar-refractivity contribution in [2.45, 2.75) is 39.0 Å². The number of nitrogens with zero attached hydrogens (tertiary/aromatic N) is 3. The van der Waals surface area contributed by atoms with Gasteiger partial charge in [0.1, 0.15) is 11.6 Å². The molecule has 10 heteroatoms. The molecule has 35 heavy (non-hydrogen) atoms. The first-order valence-electron chi connectivity index (χ1n) is 12.3. The number of Topliss-reactive ketones (excluding diaryl/α,β-unsaturated/α-hetero) is 1. The predicted molar refractivity (Wildman–Crippen MR) is 137 cm³/mol. The van der Waals surface area contributed by atoms with Crippen LogP contribution in [0.4, 0.5) is 5.82 Å². The lowest BCUT2D eigenvalue weighted by molar-refractivity contribution is -0.123. The van der Waals surface area contributed by atoms with Crippen LogP contribution in [0.3, 0.4) is 0 Å². The van der Waals surface area contributed by atoms with E-state index in [1.54, 1.807) is 13.1 Å². The molecule has 4 heterocycles. The summed E-state index contributed by atoms with van der Waals surface area (Å²) in [5, 5.41) is 3.89. The zero-order valence-corrected chi connectivity index (χ0v) is 21.7. The topological polar surface area (TPSA) is 101 Å². The van der Waals surface area contributed by atoms with Crippen molar-refractivity contribution in [1.82, 2.24) is 14.3 Å². The minimum atomic E-state index is -3.30. The number of aromatic nitrogens is 2. The van der Waals surface area contributed by atoms with E-state index in [1.807, 2.05) is 24.3 Å². The summed E-state index contributed by atoms with van der Waals surface area (Å²) in [6.45, 7) is 4.81. The molecule has 2 saturated heterocycles. The van der Waals surface area contributed by atoms with E-state index in [9.17, 15) is 13.2 Å². The fourth-order valence-electron chi connectivity index (χ4n) is 4.62. The molecule has 0 aromatic carbocycles. The minimum absolute atomic E-state index is 0.00149. The predicted octanol–water partition coefficient (Wildman–Crippen LogP) is 3.81. The molecule has 2 aromatic rings. The van der Waals surface area contributed by atoms with Crippen molar-refractivity contribution in [3.63, 3.8) is 0 Å². The smallest absolute Gasteiger partial charge is 0.213 e. The van der Waals surface area contributed by atoms with Gasteiger partial charge in [-0.1, -0.05) is 17.7 Å². The summed E-state index contributed by atoms with van der Waals surface area (Å²) >= 11 is 6.46. The second-order valence-electron chi connectivity index (χ2n) is 9.24. The van der Waals surface area contributed by atoms with Crippen LogP contribution in [0.15, 0.2) is 30.5 Å². The van der Waals surface area contributed by atoms with Crippen LogP contribution in [-0.4, -0.2) is 67.1 Å². The molecule has 0 radical (unpaired) electrons. The summed E-state index contributed by atoms with van der Waals surface area (Å²) in [4.78, 5) is 22.1. The van der Waals surface area contributed by atoms with Gasteiger partial charge in [-0.15, -0.1) is 0 Å². The van der Waals surface area contributed by atoms with Crippen molar-refractivity contribution in [3.8, 4) is 11.3 Å². The number of pyridine rings is 2. The largest absolute Gasteiger partial charge is 0.381 e. The fraction of sp³-hybridized carbons (Fsp3) is 0.560. The van der Waals surface area contributed by atoms with E-state index < -0.39 is 10.0 Å². The summed E-state index contributed by atoms with van der Waals surface area (Å²) < 4.78 is 31.4. The van der Waals surface area contributed by atoms with Crippen LogP contribution in [0.25, 0.3) is 11.3 Å². The van der Waals surface area contributed by atoms with Gasteiger partial charge in [-0.25, -0.2) is 17.7 Å². The Kier molecular flexibility index (Phi) is 8.75. The maximum Gasteiger partial charge on any atom is 0.213 e. The van der Waals surface area contributed by atoms with Crippen molar-refractivity contribution in [3.05, 3.63) is 41.2 Å². The number of piperidine rings is 1. The monoisotopic (exact) mass is 520 g/mol. The molecule has 2 aromatic heterocycles. The Hall–Kier alpha value is -2.07. The number of sulfonamides is 1. The van der Waals surface area contributed by atoms with Crippen molar-refractivity contribution >= 4 is 33.2 Å². The molecule has 2 fully saturated rings. The summed E-state index contributed by atoms with van der Waals surface area (Å²) in [5.74, 6) is 1.08. The Morgan fingerprint density at radius 3 is 2.83 bits per heavy atom. The summed E-state index contributed by atoms with van der Waals surface area (Å²) in [6, 6.07) is 7.57. The van der Waals surface area contributed by atoms with Crippen molar-refractivity contribution < 1.29 is 17.9 Å². The van der Waals surface area contributed by atoms with E-state index in [0.717, 1.165) is 44.0 Å². The van der Waals surface area contributed by atoms with E-state index in [0.29, 0.717) is 41.7 Å². The molecule has 0 saturated carbocycles. The SMILES string of the molecule is CCS(=O)(=O)N1CCC[C@H](C(=O)Cc2cc(-c3cccc(NCC4CCOCC4)n3)c(Cl)cn2)C1. The minimum Gasteiger partial charge on any atom is -0.381 e. The van der Waals surface area contributed by atoms with Gasteiger partial charge < -0.3 is 10.1 Å². The Morgan fingerprint density at radius 2 is 2.06 bits per heavy atom. The lowest BCUT2D eigenvalue weighted by Crippen LogP contribution is -2.43. The van der Waals surface area contributed by atoms with E-state index in [1.165, 1.54) is 4.31 Å². The number of anilines is 1. The van der Waals surface area contributed by atoms with E-state index in [4.69, 9.17) is 21.3 Å². The van der Waals surface area contributed by atoms with Crippen molar-refractivity contribution in [2.75, 3.05) is 43.9 Å². The van der Waals surface area contributed by atoms with Crippen LogP contribution in [0, 0.1) is 11.8 Å². The summed E-state index contributed by atoms with van der Waals surface area (Å²) in [7, 11) is -3.30. The average molecular weight is 521 g/mol. The number of rotatable bonds is 9. The van der Waals surface area contributed by atoms with Crippen LogP contribution in [-0.2, 0) is 26.0 Å². The molecule has 1 N–H and O–H groups in total. The fourth-order valence-corrected chi connectivity index (χ4v) is 6.00. The Bertz CT molecular complexity index is 1140. The van der Waals surface area contributed by atoms with E-state index in [2.05, 4.69) is 10.3 Å². The molecule has 4 rings (SSSR count). The number of carbonyl (C=O) groups is 1. The van der Waals surface area contributed by atoms with E-state index in [-0.39, 0.29) is 30.4 Å². The van der Waals surface area contributed by atoms with Crippen molar-refractivity contribution in [2.24, 2.45) is 11.8 Å². The zero-order valence-electron chi connectivity index (χ0n) is 20.1. The first-order valence-corrected chi connectivity index (χ1v) is 14.3. The van der Waals surface area contributed by atoms with Crippen LogP contribution in [0.2, 0.25) is 5.02 Å². The lowest BCUT2D eigenvalue weighted by atomic mass is 9.92. The van der Waals surface area contributed by atoms with Gasteiger partial charge in [0.25, 0.3) is 0 Å². The van der Waals surface area contributed by atoms with Gasteiger partial charge >= 0.3 is 0 Å². The molecule has 1 atom stereocenters. The number of ether oxygens (including phenoxy) is 1. The highest BCUT2D eigenvalue weighted by Gasteiger charge is 2.31. The molecule has 0 bridgehead atoms. The third kappa shape index (κ3) is 6.78. The number of hydrogen-bond acceptors (Lipinski definition) is 7. The first kappa shape index (κ1) is 26.0. The summed E-state index contributed by atoms with van der Waals surface area (Å²) in [6.07, 6.45) is 5.16. The lowest BCUT2D eigenvalue weighted by Gasteiger charge is -2.30. The van der Waals surface area contributed by atoms with Gasteiger partial charge in [0.15, 0.2) is 0 Å². The molecule has 0 amide bonds. The van der Waals surface area contributed by atoms with Crippen LogP contribution >= 0.6 is 11.6 Å². The van der Waals surface area contributed by atoms with Crippen LogP contribution in [0.5, 0.6) is 0 Å². The standard InChI is InChI=1S/C25H33ClN4O4S/c1-2-35(32,33)30-10-4-5-19(17-30)24(31)14-20-13-21(22(26)16-27-20)23-6-3-7-25(29-23)28-15-18-8-11-34-12-9-18/h3,6-7,13,16,18-19H,2,4-5,8-12,14-15,17H2,1H3,(H,28,29)/t19-/m0/s1. The molecular weight excluding hydrogens is 488 g/mol. The molecule has 0 unspecified atom stereocenters. The Morgan fingerprint density at radius 1 is 1.26 bits per heavy atom. The van der Waals surface area contributed by atoms with Gasteiger partial charge in [-0.05, 0) is 56.7 Å². The molecule has 0 aliphatic carbocycles. The van der Waals surface area contributed by atoms with Crippen LogP contribution in [0.1, 0.15) is 38.3 Å². The first-order chi connectivity index (χ1) is 16.9. The maximum atomic E-state index is 13.0. The third-order valence-corrected chi connectivity index (χ3v) is 8.95. The van der Waals surface area contributed by atoms with Crippen molar-refractivity contribution in [1.29, 1.82) is 0 Å². The number of halogens is 1. The second kappa shape index (κ2) is 11.8. The maximum absolute atomic E-state index is 13.0. The quantitative estimate of drug-likeness (QED) is 0.536. The van der Waals surface area contributed by atoms with Gasteiger partial charge in [0.2, 0.25) is 10.0 Å². The van der Waals surface area contributed by atoms with Gasteiger partial charge in [-0.3, -0.25) is 9.78 Å². The Balaban J connectivity index is 1.43. The number of carbonyl (C=O) groups excluding carboxylic acids is 1. The average Bonchev–Trinajstić information content (AvgIpc) is 2.89. The third-order valence-electron chi connectivity index (χ3n) is 6.80. The van der Waals surface area contributed by atoms with E-state index >= 15 is 0 Å².